The molecule has 4 rings (SSSR count). The zero-order valence-electron chi connectivity index (χ0n) is 19.0. The molecule has 0 spiro atoms. The molecule has 6 heteroatoms. The number of amides is 2. The highest BCUT2D eigenvalue weighted by Crippen LogP contribution is 2.28. The van der Waals surface area contributed by atoms with Crippen molar-refractivity contribution in [3.63, 3.8) is 0 Å². The smallest absolute Gasteiger partial charge is 0.245 e. The third-order valence-electron chi connectivity index (χ3n) is 6.93. The first-order valence-corrected chi connectivity index (χ1v) is 12.6. The van der Waals surface area contributed by atoms with Crippen molar-refractivity contribution >= 4 is 34.1 Å². The van der Waals surface area contributed by atoms with Gasteiger partial charge in [0.2, 0.25) is 11.8 Å². The summed E-state index contributed by atoms with van der Waals surface area (Å²) in [6.07, 6.45) is 8.36. The number of carbonyl (C=O) groups is 2. The fraction of sp³-hybridized carbons (Fsp3) is 0.462. The molecule has 2 amide bonds. The summed E-state index contributed by atoms with van der Waals surface area (Å²) in [5.41, 5.74) is 1.09. The molecule has 2 heterocycles. The molecule has 1 fully saturated rings. The highest BCUT2D eigenvalue weighted by Gasteiger charge is 2.41. The number of H-pyrrole nitrogens is 1. The second-order valence-corrected chi connectivity index (χ2v) is 10.1. The van der Waals surface area contributed by atoms with Crippen molar-refractivity contribution < 1.29 is 9.59 Å². The number of benzene rings is 1. The van der Waals surface area contributed by atoms with E-state index in [0.717, 1.165) is 47.0 Å². The first-order valence-electron chi connectivity index (χ1n) is 11.7. The van der Waals surface area contributed by atoms with Crippen LogP contribution in [0.25, 0.3) is 10.9 Å². The van der Waals surface area contributed by atoms with Crippen LogP contribution >= 0.6 is 11.3 Å². The van der Waals surface area contributed by atoms with E-state index in [2.05, 4.69) is 10.3 Å². The van der Waals surface area contributed by atoms with Gasteiger partial charge in [0.25, 0.3) is 0 Å². The predicted octanol–water partition coefficient (Wildman–Crippen LogP) is 5.42. The number of para-hydroxylation sites is 1. The molecule has 1 aliphatic carbocycles. The lowest BCUT2D eigenvalue weighted by Crippen LogP contribution is -2.60. The summed E-state index contributed by atoms with van der Waals surface area (Å²) < 4.78 is 0. The van der Waals surface area contributed by atoms with Crippen molar-refractivity contribution in [2.75, 3.05) is 0 Å². The maximum Gasteiger partial charge on any atom is 0.245 e. The van der Waals surface area contributed by atoms with Crippen LogP contribution < -0.4 is 5.32 Å². The van der Waals surface area contributed by atoms with Gasteiger partial charge in [0.1, 0.15) is 5.54 Å². The molecule has 2 aromatic heterocycles. The number of hydrogen-bond acceptors (Lipinski definition) is 3. The average Bonchev–Trinajstić information content (AvgIpc) is 3.48. The Morgan fingerprint density at radius 2 is 1.94 bits per heavy atom. The van der Waals surface area contributed by atoms with Gasteiger partial charge < -0.3 is 15.2 Å². The van der Waals surface area contributed by atoms with E-state index in [0.29, 0.717) is 13.0 Å². The van der Waals surface area contributed by atoms with Crippen LogP contribution in [-0.4, -0.2) is 33.3 Å². The zero-order valence-corrected chi connectivity index (χ0v) is 19.8. The molecule has 1 aliphatic rings. The van der Waals surface area contributed by atoms with Gasteiger partial charge in [-0.2, -0.15) is 0 Å². The first-order chi connectivity index (χ1) is 15.5. The van der Waals surface area contributed by atoms with Crippen LogP contribution in [0.3, 0.4) is 0 Å². The van der Waals surface area contributed by atoms with Gasteiger partial charge in [-0.3, -0.25) is 9.59 Å². The average molecular weight is 452 g/mol. The topological polar surface area (TPSA) is 65.2 Å². The Balaban J connectivity index is 1.60. The molecule has 32 heavy (non-hydrogen) atoms. The third-order valence-corrected chi connectivity index (χ3v) is 7.79. The predicted molar refractivity (Wildman–Crippen MR) is 131 cm³/mol. The molecular weight excluding hydrogens is 418 g/mol. The molecule has 5 nitrogen and oxygen atoms in total. The van der Waals surface area contributed by atoms with E-state index in [9.17, 15) is 9.59 Å². The van der Waals surface area contributed by atoms with E-state index >= 15 is 0 Å². The summed E-state index contributed by atoms with van der Waals surface area (Å²) >= 11 is 1.62. The molecule has 1 aromatic carbocycles. The minimum Gasteiger partial charge on any atom is -0.361 e. The van der Waals surface area contributed by atoms with Gasteiger partial charge in [0.15, 0.2) is 0 Å². The molecule has 2 N–H and O–H groups in total. The lowest BCUT2D eigenvalue weighted by molar-refractivity contribution is -0.148. The fourth-order valence-corrected chi connectivity index (χ4v) is 5.39. The summed E-state index contributed by atoms with van der Waals surface area (Å²) in [5, 5.41) is 6.35. The van der Waals surface area contributed by atoms with Crippen LogP contribution in [0, 0.1) is 0 Å². The maximum atomic E-state index is 13.7. The van der Waals surface area contributed by atoms with E-state index < -0.39 is 5.54 Å². The number of rotatable bonds is 8. The first kappa shape index (κ1) is 22.6. The molecule has 0 radical (unpaired) electrons. The van der Waals surface area contributed by atoms with Crippen LogP contribution in [0.15, 0.2) is 48.0 Å². The second-order valence-electron chi connectivity index (χ2n) is 9.03. The van der Waals surface area contributed by atoms with Gasteiger partial charge in [0, 0.05) is 28.0 Å². The monoisotopic (exact) mass is 451 g/mol. The summed E-state index contributed by atoms with van der Waals surface area (Å²) in [4.78, 5) is 33.4. The van der Waals surface area contributed by atoms with Crippen molar-refractivity contribution in [2.24, 2.45) is 0 Å². The molecule has 170 valence electrons. The van der Waals surface area contributed by atoms with Crippen LogP contribution in [0.5, 0.6) is 0 Å². The van der Waals surface area contributed by atoms with Crippen molar-refractivity contribution in [1.82, 2.24) is 15.2 Å². The Morgan fingerprint density at radius 1 is 1.16 bits per heavy atom. The van der Waals surface area contributed by atoms with Crippen molar-refractivity contribution in [3.05, 3.63) is 58.4 Å². The molecule has 1 atom stereocenters. The van der Waals surface area contributed by atoms with Crippen LogP contribution in [0.1, 0.15) is 62.8 Å². The van der Waals surface area contributed by atoms with Gasteiger partial charge >= 0.3 is 0 Å². The molecule has 0 unspecified atom stereocenters. The minimum absolute atomic E-state index is 0.0219. The number of hydrogen-bond donors (Lipinski definition) is 2. The Hall–Kier alpha value is -2.60. The quantitative estimate of drug-likeness (QED) is 0.480. The molecule has 0 aliphatic heterocycles. The summed E-state index contributed by atoms with van der Waals surface area (Å²) in [7, 11) is 0. The van der Waals surface area contributed by atoms with E-state index in [4.69, 9.17) is 0 Å². The van der Waals surface area contributed by atoms with Crippen molar-refractivity contribution in [3.8, 4) is 0 Å². The van der Waals surface area contributed by atoms with Crippen LogP contribution in [0.2, 0.25) is 0 Å². The number of carbonyl (C=O) groups excluding carboxylic acids is 2. The molecule has 0 bridgehead atoms. The molecule has 0 saturated heterocycles. The minimum atomic E-state index is -0.898. The Labute approximate surface area is 194 Å². The third kappa shape index (κ3) is 4.75. The number of nitrogens with zero attached hydrogens (tertiary/aromatic N) is 1. The summed E-state index contributed by atoms with van der Waals surface area (Å²) in [5.74, 6) is -0.0537. The lowest BCUT2D eigenvalue weighted by atomic mass is 9.90. The Bertz CT molecular complexity index is 1050. The van der Waals surface area contributed by atoms with Gasteiger partial charge in [-0.25, -0.2) is 0 Å². The van der Waals surface area contributed by atoms with E-state index in [1.165, 1.54) is 6.42 Å². The molecule has 3 aromatic rings. The number of nitrogens with one attached hydrogen (secondary N) is 2. The number of aromatic nitrogens is 1. The zero-order chi connectivity index (χ0) is 22.6. The van der Waals surface area contributed by atoms with E-state index in [1.54, 1.807) is 16.2 Å². The van der Waals surface area contributed by atoms with Crippen LogP contribution in [-0.2, 0) is 22.6 Å². The van der Waals surface area contributed by atoms with Gasteiger partial charge in [-0.15, -0.1) is 11.3 Å². The normalized spacial score (nSPS) is 16.6. The number of aromatic amines is 1. The largest absolute Gasteiger partial charge is 0.361 e. The Morgan fingerprint density at radius 3 is 2.66 bits per heavy atom. The fourth-order valence-electron chi connectivity index (χ4n) is 4.69. The molecular formula is C26H33N3O2S. The van der Waals surface area contributed by atoms with Gasteiger partial charge in [0.05, 0.1) is 13.0 Å². The SMILES string of the molecule is CC[C@](C)(C(=O)NC1CCCCC1)N(Cc1cccs1)C(=O)Cc1c[nH]c2ccccc12. The lowest BCUT2D eigenvalue weighted by Gasteiger charge is -2.40. The van der Waals surface area contributed by atoms with Crippen molar-refractivity contribution in [2.45, 2.75) is 76.9 Å². The number of thiophene rings is 1. The summed E-state index contributed by atoms with van der Waals surface area (Å²) in [6.45, 7) is 4.37. The summed E-state index contributed by atoms with van der Waals surface area (Å²) in [6, 6.07) is 12.3. The highest BCUT2D eigenvalue weighted by atomic mass is 32.1. The second kappa shape index (κ2) is 9.90. The number of fused-ring (bicyclic) bond motifs is 1. The maximum absolute atomic E-state index is 13.7. The Kier molecular flexibility index (Phi) is 6.99. The van der Waals surface area contributed by atoms with Gasteiger partial charge in [-0.1, -0.05) is 50.5 Å². The highest BCUT2D eigenvalue weighted by molar-refractivity contribution is 7.09. The van der Waals surface area contributed by atoms with Crippen molar-refractivity contribution in [1.29, 1.82) is 0 Å². The van der Waals surface area contributed by atoms with Gasteiger partial charge in [-0.05, 0) is 49.3 Å². The van der Waals surface area contributed by atoms with Crippen LogP contribution in [0.4, 0.5) is 0 Å². The van der Waals surface area contributed by atoms with E-state index in [1.807, 2.05) is 61.8 Å². The molecule has 1 saturated carbocycles. The van der Waals surface area contributed by atoms with E-state index in [-0.39, 0.29) is 24.3 Å². The standard InChI is InChI=1S/C26H33N3O2S/c1-3-26(2,25(31)28-20-10-5-4-6-11-20)29(18-21-12-9-15-32-21)24(30)16-19-17-27-23-14-8-7-13-22(19)23/h7-9,12-15,17,20,27H,3-6,10-11,16,18H2,1-2H3,(H,28,31)/t26-/m1/s1.